The van der Waals surface area contributed by atoms with Gasteiger partial charge in [0.15, 0.2) is 0 Å². The van der Waals surface area contributed by atoms with Gasteiger partial charge in [0.2, 0.25) is 5.91 Å². The van der Waals surface area contributed by atoms with E-state index in [2.05, 4.69) is 41.5 Å². The molecule has 0 saturated carbocycles. The molecule has 1 aromatic carbocycles. The van der Waals surface area contributed by atoms with E-state index in [1.807, 2.05) is 18.0 Å². The van der Waals surface area contributed by atoms with Crippen LogP contribution < -0.4 is 5.32 Å². The molecule has 1 aliphatic rings. The average Bonchev–Trinajstić information content (AvgIpc) is 2.81. The summed E-state index contributed by atoms with van der Waals surface area (Å²) in [5, 5.41) is 3.07. The SMILES string of the molecule is CNC1CCN(CCCN(C)Cc2ccccc2)C1=O. The number of nitrogens with zero attached hydrogens (tertiary/aromatic N) is 2. The Balaban J connectivity index is 1.67. The molecule has 1 atom stereocenters. The number of benzene rings is 1. The molecule has 4 nitrogen and oxygen atoms in total. The van der Waals surface area contributed by atoms with Crippen molar-refractivity contribution in [3.05, 3.63) is 35.9 Å². The van der Waals surface area contributed by atoms with Crippen LogP contribution in [0.3, 0.4) is 0 Å². The van der Waals surface area contributed by atoms with Crippen LogP contribution in [0.2, 0.25) is 0 Å². The zero-order valence-corrected chi connectivity index (χ0v) is 12.5. The molecule has 110 valence electrons. The molecule has 1 amide bonds. The Kier molecular flexibility index (Phi) is 5.56. The van der Waals surface area contributed by atoms with Gasteiger partial charge in [0, 0.05) is 19.6 Å². The second-order valence-electron chi connectivity index (χ2n) is 5.53. The van der Waals surface area contributed by atoms with Crippen LogP contribution >= 0.6 is 0 Å². The quantitative estimate of drug-likeness (QED) is 0.815. The van der Waals surface area contributed by atoms with E-state index in [1.54, 1.807) is 0 Å². The van der Waals surface area contributed by atoms with Gasteiger partial charge in [-0.05, 0) is 39.0 Å². The van der Waals surface area contributed by atoms with E-state index in [-0.39, 0.29) is 11.9 Å². The number of hydrogen-bond acceptors (Lipinski definition) is 3. The fourth-order valence-corrected chi connectivity index (χ4v) is 2.73. The normalized spacial score (nSPS) is 19.1. The first kappa shape index (κ1) is 15.0. The number of carbonyl (C=O) groups excluding carboxylic acids is 1. The Labute approximate surface area is 121 Å². The van der Waals surface area contributed by atoms with Gasteiger partial charge in [-0.3, -0.25) is 4.79 Å². The molecule has 1 fully saturated rings. The largest absolute Gasteiger partial charge is 0.341 e. The first-order valence-corrected chi connectivity index (χ1v) is 7.39. The summed E-state index contributed by atoms with van der Waals surface area (Å²) in [4.78, 5) is 16.2. The van der Waals surface area contributed by atoms with Gasteiger partial charge in [0.25, 0.3) is 0 Å². The molecular weight excluding hydrogens is 250 g/mol. The summed E-state index contributed by atoms with van der Waals surface area (Å²) in [5.41, 5.74) is 1.34. The molecule has 4 heteroatoms. The van der Waals surface area contributed by atoms with Gasteiger partial charge in [-0.25, -0.2) is 0 Å². The van der Waals surface area contributed by atoms with E-state index >= 15 is 0 Å². The lowest BCUT2D eigenvalue weighted by Gasteiger charge is -2.20. The molecule has 0 aromatic heterocycles. The minimum absolute atomic E-state index is 0.0389. The van der Waals surface area contributed by atoms with Crippen molar-refractivity contribution in [2.24, 2.45) is 0 Å². The number of likely N-dealkylation sites (tertiary alicyclic amines) is 1. The lowest BCUT2D eigenvalue weighted by atomic mass is 10.2. The maximum Gasteiger partial charge on any atom is 0.239 e. The molecule has 2 rings (SSSR count). The third-order valence-corrected chi connectivity index (χ3v) is 3.91. The second-order valence-corrected chi connectivity index (χ2v) is 5.53. The van der Waals surface area contributed by atoms with E-state index in [0.29, 0.717) is 0 Å². The van der Waals surface area contributed by atoms with Gasteiger partial charge < -0.3 is 15.1 Å². The fourth-order valence-electron chi connectivity index (χ4n) is 2.73. The monoisotopic (exact) mass is 275 g/mol. The lowest BCUT2D eigenvalue weighted by Crippen LogP contribution is -2.37. The molecule has 1 aliphatic heterocycles. The van der Waals surface area contributed by atoms with Crippen LogP contribution in [0.15, 0.2) is 30.3 Å². The summed E-state index contributed by atoms with van der Waals surface area (Å²) in [6.07, 6.45) is 1.97. The molecule has 0 aliphatic carbocycles. The Hall–Kier alpha value is -1.39. The number of amides is 1. The third-order valence-electron chi connectivity index (χ3n) is 3.91. The Morgan fingerprint density at radius 3 is 2.75 bits per heavy atom. The highest BCUT2D eigenvalue weighted by Gasteiger charge is 2.29. The van der Waals surface area contributed by atoms with Crippen molar-refractivity contribution in [3.8, 4) is 0 Å². The van der Waals surface area contributed by atoms with Gasteiger partial charge in [0.1, 0.15) is 0 Å². The standard InChI is InChI=1S/C16H25N3O/c1-17-15-9-12-19(16(15)20)11-6-10-18(2)13-14-7-4-3-5-8-14/h3-5,7-8,15,17H,6,9-13H2,1-2H3. The number of carbonyl (C=O) groups is 1. The highest BCUT2D eigenvalue weighted by molar-refractivity contribution is 5.83. The zero-order chi connectivity index (χ0) is 14.4. The topological polar surface area (TPSA) is 35.6 Å². The summed E-state index contributed by atoms with van der Waals surface area (Å²) < 4.78 is 0. The second kappa shape index (κ2) is 7.41. The number of rotatable bonds is 7. The van der Waals surface area contributed by atoms with Crippen LogP contribution in [0.4, 0.5) is 0 Å². The summed E-state index contributed by atoms with van der Waals surface area (Å²) >= 11 is 0. The van der Waals surface area contributed by atoms with E-state index < -0.39 is 0 Å². The summed E-state index contributed by atoms with van der Waals surface area (Å²) in [5.74, 6) is 0.262. The molecule has 20 heavy (non-hydrogen) atoms. The van der Waals surface area contributed by atoms with Gasteiger partial charge in [0.05, 0.1) is 6.04 Å². The van der Waals surface area contributed by atoms with Crippen molar-refractivity contribution in [2.75, 3.05) is 33.7 Å². The molecule has 1 saturated heterocycles. The van der Waals surface area contributed by atoms with Gasteiger partial charge in [-0.15, -0.1) is 0 Å². The van der Waals surface area contributed by atoms with Crippen LogP contribution in [0.1, 0.15) is 18.4 Å². The van der Waals surface area contributed by atoms with E-state index in [0.717, 1.165) is 39.0 Å². The van der Waals surface area contributed by atoms with Gasteiger partial charge in [-0.1, -0.05) is 30.3 Å². The maximum atomic E-state index is 12.0. The predicted molar refractivity (Wildman–Crippen MR) is 81.4 cm³/mol. The first-order chi connectivity index (χ1) is 9.70. The summed E-state index contributed by atoms with van der Waals surface area (Å²) in [6, 6.07) is 10.5. The van der Waals surface area contributed by atoms with Crippen molar-refractivity contribution in [1.82, 2.24) is 15.1 Å². The predicted octanol–water partition coefficient (Wildman–Crippen LogP) is 1.33. The molecule has 1 aromatic rings. The Morgan fingerprint density at radius 1 is 1.35 bits per heavy atom. The van der Waals surface area contributed by atoms with Crippen LogP contribution in [0.25, 0.3) is 0 Å². The van der Waals surface area contributed by atoms with Crippen molar-refractivity contribution in [1.29, 1.82) is 0 Å². The van der Waals surface area contributed by atoms with Crippen molar-refractivity contribution in [2.45, 2.75) is 25.4 Å². The van der Waals surface area contributed by atoms with Gasteiger partial charge >= 0.3 is 0 Å². The van der Waals surface area contributed by atoms with E-state index in [1.165, 1.54) is 5.56 Å². The highest BCUT2D eigenvalue weighted by atomic mass is 16.2. The molecule has 1 N–H and O–H groups in total. The van der Waals surface area contributed by atoms with Crippen LogP contribution in [0, 0.1) is 0 Å². The Morgan fingerprint density at radius 2 is 2.10 bits per heavy atom. The van der Waals surface area contributed by atoms with Gasteiger partial charge in [-0.2, -0.15) is 0 Å². The molecule has 0 spiro atoms. The fraction of sp³-hybridized carbons (Fsp3) is 0.562. The summed E-state index contributed by atoms with van der Waals surface area (Å²) in [6.45, 7) is 3.75. The van der Waals surface area contributed by atoms with E-state index in [9.17, 15) is 4.79 Å². The minimum atomic E-state index is 0.0389. The highest BCUT2D eigenvalue weighted by Crippen LogP contribution is 2.11. The van der Waals surface area contributed by atoms with E-state index in [4.69, 9.17) is 0 Å². The maximum absolute atomic E-state index is 12.0. The molecule has 0 bridgehead atoms. The Bertz CT molecular complexity index is 421. The smallest absolute Gasteiger partial charge is 0.239 e. The van der Waals surface area contributed by atoms with Crippen LogP contribution in [-0.2, 0) is 11.3 Å². The molecule has 0 radical (unpaired) electrons. The number of likely N-dealkylation sites (N-methyl/N-ethyl adjacent to an activating group) is 1. The minimum Gasteiger partial charge on any atom is -0.341 e. The van der Waals surface area contributed by atoms with Crippen molar-refractivity contribution >= 4 is 5.91 Å². The van der Waals surface area contributed by atoms with Crippen molar-refractivity contribution < 1.29 is 4.79 Å². The zero-order valence-electron chi connectivity index (χ0n) is 12.5. The lowest BCUT2D eigenvalue weighted by molar-refractivity contribution is -0.129. The van der Waals surface area contributed by atoms with Crippen LogP contribution in [-0.4, -0.2) is 55.5 Å². The molecule has 1 unspecified atom stereocenters. The first-order valence-electron chi connectivity index (χ1n) is 7.39. The molecule has 1 heterocycles. The number of hydrogen-bond donors (Lipinski definition) is 1. The van der Waals surface area contributed by atoms with Crippen LogP contribution in [0.5, 0.6) is 0 Å². The third kappa shape index (κ3) is 4.05. The molecular formula is C16H25N3O. The van der Waals surface area contributed by atoms with Crippen molar-refractivity contribution in [3.63, 3.8) is 0 Å². The number of nitrogens with one attached hydrogen (secondary N) is 1. The summed E-state index contributed by atoms with van der Waals surface area (Å²) in [7, 11) is 3.99. The average molecular weight is 275 g/mol.